The van der Waals surface area contributed by atoms with E-state index >= 15 is 0 Å². The van der Waals surface area contributed by atoms with Crippen molar-refractivity contribution >= 4 is 34.0 Å². The van der Waals surface area contributed by atoms with E-state index in [2.05, 4.69) is 37.0 Å². The zero-order chi connectivity index (χ0) is 25.2. The molecular weight excluding hydrogens is 456 g/mol. The lowest BCUT2D eigenvalue weighted by molar-refractivity contribution is -0.142. The van der Waals surface area contributed by atoms with Gasteiger partial charge in [0.15, 0.2) is 5.58 Å². The number of nitrogens with two attached hydrogens (primary N) is 1. The van der Waals surface area contributed by atoms with Gasteiger partial charge in [-0.3, -0.25) is 9.48 Å². The van der Waals surface area contributed by atoms with Crippen LogP contribution in [0.4, 0.5) is 6.01 Å². The molecular formula is C28H28N4O4. The number of rotatable bonds is 8. The molecule has 36 heavy (non-hydrogen) atoms. The summed E-state index contributed by atoms with van der Waals surface area (Å²) in [7, 11) is 0. The van der Waals surface area contributed by atoms with Crippen molar-refractivity contribution in [1.29, 1.82) is 0 Å². The highest BCUT2D eigenvalue weighted by molar-refractivity contribution is 5.89. The van der Waals surface area contributed by atoms with E-state index in [9.17, 15) is 4.79 Å². The van der Waals surface area contributed by atoms with Crippen LogP contribution in [0, 0.1) is 0 Å². The fraction of sp³-hybridized carbons (Fsp3) is 0.250. The van der Waals surface area contributed by atoms with Crippen LogP contribution in [0.1, 0.15) is 38.1 Å². The summed E-state index contributed by atoms with van der Waals surface area (Å²) in [4.78, 5) is 16.2. The summed E-state index contributed by atoms with van der Waals surface area (Å²) in [5, 5.41) is 5.87. The van der Waals surface area contributed by atoms with Crippen LogP contribution in [0.5, 0.6) is 5.75 Å². The van der Waals surface area contributed by atoms with E-state index in [0.717, 1.165) is 38.8 Å². The van der Waals surface area contributed by atoms with Gasteiger partial charge in [0.25, 0.3) is 6.01 Å². The van der Waals surface area contributed by atoms with Gasteiger partial charge in [0, 0.05) is 17.0 Å². The largest absolute Gasteiger partial charge is 0.487 e. The van der Waals surface area contributed by atoms with Gasteiger partial charge in [-0.1, -0.05) is 30.3 Å². The maximum Gasteiger partial charge on any atom is 0.310 e. The molecule has 0 unspecified atom stereocenters. The molecule has 184 valence electrons. The number of nitrogens with zero attached hydrogens (tertiary/aromatic N) is 3. The molecule has 3 aromatic carbocycles. The molecule has 2 heterocycles. The molecule has 0 bridgehead atoms. The number of aromatic nitrogens is 3. The predicted molar refractivity (Wildman–Crippen MR) is 139 cm³/mol. The molecule has 0 saturated heterocycles. The molecule has 0 saturated carbocycles. The Morgan fingerprint density at radius 2 is 1.86 bits per heavy atom. The van der Waals surface area contributed by atoms with Crippen molar-refractivity contribution < 1.29 is 18.7 Å². The second-order valence-electron chi connectivity index (χ2n) is 8.83. The van der Waals surface area contributed by atoms with E-state index in [1.165, 1.54) is 0 Å². The van der Waals surface area contributed by atoms with Gasteiger partial charge in [0.1, 0.15) is 23.6 Å². The highest BCUT2D eigenvalue weighted by atomic mass is 16.5. The first kappa shape index (κ1) is 23.4. The standard InChI is InChI=1S/C28H28N4O4/c1-4-34-27(33)15-20-7-5-6-8-25(20)35-16-23-21-13-18(10-12-24(21)32(31-23)17(2)3)19-9-11-22-26(14-19)36-28(29)30-22/h5-14,17H,4,15-16H2,1-3H3,(H2,29,30). The molecule has 2 aromatic heterocycles. The molecule has 8 nitrogen and oxygen atoms in total. The third-order valence-corrected chi connectivity index (χ3v) is 5.99. The van der Waals surface area contributed by atoms with E-state index in [-0.39, 0.29) is 31.1 Å². The van der Waals surface area contributed by atoms with Crippen molar-refractivity contribution in [3.05, 3.63) is 71.9 Å². The Hall–Kier alpha value is -4.33. The van der Waals surface area contributed by atoms with Crippen molar-refractivity contribution in [2.45, 2.75) is 39.8 Å². The normalized spacial score (nSPS) is 11.4. The average Bonchev–Trinajstić information content (AvgIpc) is 3.42. The second-order valence-corrected chi connectivity index (χ2v) is 8.83. The molecule has 0 fully saturated rings. The van der Waals surface area contributed by atoms with E-state index in [1.807, 2.05) is 47.1 Å². The number of fused-ring (bicyclic) bond motifs is 2. The molecule has 0 atom stereocenters. The third-order valence-electron chi connectivity index (χ3n) is 5.99. The Kier molecular flexibility index (Phi) is 6.33. The second kappa shape index (κ2) is 9.73. The van der Waals surface area contributed by atoms with Crippen molar-refractivity contribution in [2.75, 3.05) is 12.3 Å². The molecule has 0 aliphatic rings. The van der Waals surface area contributed by atoms with Gasteiger partial charge in [-0.05, 0) is 62.2 Å². The molecule has 5 rings (SSSR count). The van der Waals surface area contributed by atoms with Crippen molar-refractivity contribution in [3.8, 4) is 16.9 Å². The zero-order valence-electron chi connectivity index (χ0n) is 20.5. The average molecular weight is 485 g/mol. The number of nitrogen functional groups attached to an aromatic ring is 1. The van der Waals surface area contributed by atoms with Gasteiger partial charge in [0.2, 0.25) is 0 Å². The summed E-state index contributed by atoms with van der Waals surface area (Å²) in [5.74, 6) is 0.362. The van der Waals surface area contributed by atoms with Crippen LogP contribution in [0.3, 0.4) is 0 Å². The minimum atomic E-state index is -0.279. The summed E-state index contributed by atoms with van der Waals surface area (Å²) in [6.45, 7) is 6.60. The van der Waals surface area contributed by atoms with Crippen LogP contribution in [-0.4, -0.2) is 27.3 Å². The van der Waals surface area contributed by atoms with Gasteiger partial charge >= 0.3 is 5.97 Å². The van der Waals surface area contributed by atoms with E-state index in [1.54, 1.807) is 6.92 Å². The van der Waals surface area contributed by atoms with E-state index in [4.69, 9.17) is 24.7 Å². The van der Waals surface area contributed by atoms with Crippen LogP contribution in [0.25, 0.3) is 33.1 Å². The number of anilines is 1. The Bertz CT molecular complexity index is 1550. The molecule has 0 radical (unpaired) electrons. The summed E-state index contributed by atoms with van der Waals surface area (Å²) >= 11 is 0. The Morgan fingerprint density at radius 1 is 1.08 bits per heavy atom. The van der Waals surface area contributed by atoms with Gasteiger partial charge in [0.05, 0.1) is 18.5 Å². The molecule has 5 aromatic rings. The Labute approximate surface area is 208 Å². The predicted octanol–water partition coefficient (Wildman–Crippen LogP) is 5.69. The summed E-state index contributed by atoms with van der Waals surface area (Å²) in [6, 6.07) is 19.9. The number of carbonyl (C=O) groups is 1. The summed E-state index contributed by atoms with van der Waals surface area (Å²) in [6.07, 6.45) is 0.157. The fourth-order valence-corrected chi connectivity index (χ4v) is 4.31. The van der Waals surface area contributed by atoms with E-state index in [0.29, 0.717) is 17.9 Å². The number of ether oxygens (including phenoxy) is 2. The summed E-state index contributed by atoms with van der Waals surface area (Å²) in [5.41, 5.74) is 11.7. The van der Waals surface area contributed by atoms with E-state index < -0.39 is 0 Å². The number of benzene rings is 3. The van der Waals surface area contributed by atoms with Crippen LogP contribution in [0.15, 0.2) is 65.1 Å². The zero-order valence-corrected chi connectivity index (χ0v) is 20.5. The number of esters is 1. The molecule has 0 amide bonds. The molecule has 2 N–H and O–H groups in total. The SMILES string of the molecule is CCOC(=O)Cc1ccccc1OCc1nn(C(C)C)c2ccc(-c3ccc4nc(N)oc4c3)cc12. The Balaban J connectivity index is 1.48. The fourth-order valence-electron chi connectivity index (χ4n) is 4.31. The first-order valence-corrected chi connectivity index (χ1v) is 12.0. The van der Waals surface area contributed by atoms with Crippen molar-refractivity contribution in [1.82, 2.24) is 14.8 Å². The topological polar surface area (TPSA) is 105 Å². The van der Waals surface area contributed by atoms with Gasteiger partial charge in [-0.2, -0.15) is 10.1 Å². The Morgan fingerprint density at radius 3 is 2.67 bits per heavy atom. The number of hydrogen-bond acceptors (Lipinski definition) is 7. The van der Waals surface area contributed by atoms with Gasteiger partial charge in [-0.15, -0.1) is 0 Å². The first-order chi connectivity index (χ1) is 17.4. The maximum atomic E-state index is 12.0. The summed E-state index contributed by atoms with van der Waals surface area (Å²) < 4.78 is 18.8. The molecule has 0 aliphatic heterocycles. The quantitative estimate of drug-likeness (QED) is 0.282. The lowest BCUT2D eigenvalue weighted by atomic mass is 10.0. The van der Waals surface area contributed by atoms with Crippen molar-refractivity contribution in [2.24, 2.45) is 0 Å². The van der Waals surface area contributed by atoms with Crippen LogP contribution < -0.4 is 10.5 Å². The highest BCUT2D eigenvalue weighted by Crippen LogP contribution is 2.31. The minimum Gasteiger partial charge on any atom is -0.487 e. The third kappa shape index (κ3) is 4.62. The van der Waals surface area contributed by atoms with Crippen molar-refractivity contribution in [3.63, 3.8) is 0 Å². The molecule has 0 spiro atoms. The molecule has 8 heteroatoms. The van der Waals surface area contributed by atoms with Crippen LogP contribution in [-0.2, 0) is 22.6 Å². The van der Waals surface area contributed by atoms with Crippen LogP contribution >= 0.6 is 0 Å². The first-order valence-electron chi connectivity index (χ1n) is 12.0. The lowest BCUT2D eigenvalue weighted by Crippen LogP contribution is -2.09. The lowest BCUT2D eigenvalue weighted by Gasteiger charge is -2.10. The molecule has 0 aliphatic carbocycles. The number of para-hydroxylation sites is 1. The van der Waals surface area contributed by atoms with Gasteiger partial charge < -0.3 is 19.6 Å². The number of carbonyl (C=O) groups excluding carboxylic acids is 1. The minimum absolute atomic E-state index is 0.151. The maximum absolute atomic E-state index is 12.0. The number of oxazole rings is 1. The number of hydrogen-bond donors (Lipinski definition) is 1. The monoisotopic (exact) mass is 484 g/mol. The highest BCUT2D eigenvalue weighted by Gasteiger charge is 2.16. The van der Waals surface area contributed by atoms with Crippen LogP contribution in [0.2, 0.25) is 0 Å². The smallest absolute Gasteiger partial charge is 0.310 e. The van der Waals surface area contributed by atoms with Gasteiger partial charge in [-0.25, -0.2) is 0 Å².